The van der Waals surface area contributed by atoms with E-state index in [0.717, 1.165) is 11.1 Å². The van der Waals surface area contributed by atoms with Crippen LogP contribution in [0.25, 0.3) is 11.1 Å². The number of nitrogens with one attached hydrogen (secondary N) is 1. The van der Waals surface area contributed by atoms with Crippen LogP contribution in [-0.4, -0.2) is 54.7 Å². The maximum Gasteiger partial charge on any atom is 0.245 e. The molecule has 10 heteroatoms. The lowest BCUT2D eigenvalue weighted by Gasteiger charge is -2.33. The number of aromatic nitrogens is 1. The van der Waals surface area contributed by atoms with Crippen molar-refractivity contribution < 1.29 is 17.6 Å². The molecule has 4 rings (SSSR count). The summed E-state index contributed by atoms with van der Waals surface area (Å²) in [7, 11) is -3.74. The number of sulfonamides is 1. The van der Waals surface area contributed by atoms with Gasteiger partial charge in [-0.15, -0.1) is 0 Å². The Kier molecular flexibility index (Phi) is 6.02. The molecular weight excluding hydrogens is 440 g/mol. The predicted molar refractivity (Wildman–Crippen MR) is 119 cm³/mol. The van der Waals surface area contributed by atoms with Gasteiger partial charge in [0, 0.05) is 44.2 Å². The molecule has 0 spiro atoms. The highest BCUT2D eigenvalue weighted by molar-refractivity contribution is 7.89. The number of aryl methyl sites for hydroxylation is 1. The molecule has 164 valence electrons. The Balaban J connectivity index is 1.46. The van der Waals surface area contributed by atoms with E-state index < -0.39 is 10.0 Å². The molecule has 1 aliphatic heterocycles. The number of fused-ring (bicyclic) bond motifs is 1. The molecule has 1 aliphatic rings. The summed E-state index contributed by atoms with van der Waals surface area (Å²) in [6.07, 6.45) is 0. The van der Waals surface area contributed by atoms with Crippen LogP contribution in [0.1, 0.15) is 18.4 Å². The number of hydrogen-bond donors (Lipinski definition) is 1. The van der Waals surface area contributed by atoms with Gasteiger partial charge in [-0.25, -0.2) is 13.4 Å². The van der Waals surface area contributed by atoms with Gasteiger partial charge in [-0.1, -0.05) is 17.7 Å². The van der Waals surface area contributed by atoms with Crippen LogP contribution < -0.4 is 5.32 Å². The van der Waals surface area contributed by atoms with Crippen molar-refractivity contribution >= 4 is 44.3 Å². The van der Waals surface area contributed by atoms with Crippen molar-refractivity contribution in [3.63, 3.8) is 0 Å². The lowest BCUT2D eigenvalue weighted by molar-refractivity contribution is -0.114. The molecule has 2 heterocycles. The molecule has 3 aromatic rings. The summed E-state index contributed by atoms with van der Waals surface area (Å²) in [6.45, 7) is 5.42. The molecule has 1 saturated heterocycles. The topological polar surface area (TPSA) is 95.8 Å². The summed E-state index contributed by atoms with van der Waals surface area (Å²) >= 11 is 5.99. The largest absolute Gasteiger partial charge is 0.439 e. The van der Waals surface area contributed by atoms with E-state index in [9.17, 15) is 13.2 Å². The molecule has 1 fully saturated rings. The summed E-state index contributed by atoms with van der Waals surface area (Å²) in [6, 6.07) is 10.3. The van der Waals surface area contributed by atoms with Crippen molar-refractivity contribution in [1.82, 2.24) is 14.2 Å². The zero-order valence-corrected chi connectivity index (χ0v) is 18.8. The molecule has 2 aromatic carbocycles. The molecular formula is C21H23ClN4O4S. The SMILES string of the molecule is CC(=O)Nc1ccc(C)cc1S(=O)(=O)N1CCN(Cc2nc3ccc(Cl)cc3o2)CC1. The summed E-state index contributed by atoms with van der Waals surface area (Å²) in [5.41, 5.74) is 2.48. The number of anilines is 1. The highest BCUT2D eigenvalue weighted by Crippen LogP contribution is 2.27. The van der Waals surface area contributed by atoms with Gasteiger partial charge in [0.25, 0.3) is 0 Å². The number of amides is 1. The summed E-state index contributed by atoms with van der Waals surface area (Å²) in [5, 5.41) is 3.21. The second-order valence-corrected chi connectivity index (χ2v) is 9.92. The van der Waals surface area contributed by atoms with Gasteiger partial charge < -0.3 is 9.73 Å². The third-order valence-corrected chi connectivity index (χ3v) is 7.32. The Morgan fingerprint density at radius 2 is 1.90 bits per heavy atom. The molecule has 1 amide bonds. The first-order valence-electron chi connectivity index (χ1n) is 9.88. The molecule has 31 heavy (non-hydrogen) atoms. The molecule has 0 saturated carbocycles. The number of oxazole rings is 1. The van der Waals surface area contributed by atoms with Crippen LogP contribution in [0.5, 0.6) is 0 Å². The Bertz CT molecular complexity index is 1230. The van der Waals surface area contributed by atoms with Gasteiger partial charge in [0.1, 0.15) is 10.4 Å². The first-order valence-corrected chi connectivity index (χ1v) is 11.7. The molecule has 0 aliphatic carbocycles. The monoisotopic (exact) mass is 462 g/mol. The lowest BCUT2D eigenvalue weighted by atomic mass is 10.2. The Morgan fingerprint density at radius 1 is 1.16 bits per heavy atom. The highest BCUT2D eigenvalue weighted by atomic mass is 35.5. The van der Waals surface area contributed by atoms with Gasteiger partial charge in [0.2, 0.25) is 21.8 Å². The Labute approximate surface area is 185 Å². The number of carbonyl (C=O) groups is 1. The van der Waals surface area contributed by atoms with E-state index in [1.54, 1.807) is 30.3 Å². The normalized spacial score (nSPS) is 16.0. The molecule has 1 N–H and O–H groups in total. The summed E-state index contributed by atoms with van der Waals surface area (Å²) in [4.78, 5) is 18.2. The minimum absolute atomic E-state index is 0.118. The van der Waals surface area contributed by atoms with E-state index in [4.69, 9.17) is 16.0 Å². The first-order chi connectivity index (χ1) is 14.7. The van der Waals surface area contributed by atoms with E-state index in [-0.39, 0.29) is 10.8 Å². The number of nitrogens with zero attached hydrogens (tertiary/aromatic N) is 3. The molecule has 0 atom stereocenters. The molecule has 8 nitrogen and oxygen atoms in total. The van der Waals surface area contributed by atoms with E-state index >= 15 is 0 Å². The minimum atomic E-state index is -3.74. The number of carbonyl (C=O) groups excluding carboxylic acids is 1. The van der Waals surface area contributed by atoms with E-state index in [0.29, 0.717) is 54.9 Å². The fraction of sp³-hybridized carbons (Fsp3) is 0.333. The fourth-order valence-electron chi connectivity index (χ4n) is 3.61. The quantitative estimate of drug-likeness (QED) is 0.625. The summed E-state index contributed by atoms with van der Waals surface area (Å²) in [5.74, 6) is 0.255. The zero-order valence-electron chi connectivity index (χ0n) is 17.3. The van der Waals surface area contributed by atoms with Crippen molar-refractivity contribution in [2.75, 3.05) is 31.5 Å². The number of piperazine rings is 1. The molecule has 0 bridgehead atoms. The van der Waals surface area contributed by atoms with Crippen molar-refractivity contribution in [2.45, 2.75) is 25.3 Å². The Morgan fingerprint density at radius 3 is 2.61 bits per heavy atom. The van der Waals surface area contributed by atoms with Gasteiger partial charge in [-0.3, -0.25) is 9.69 Å². The third kappa shape index (κ3) is 4.74. The van der Waals surface area contributed by atoms with Crippen molar-refractivity contribution in [2.24, 2.45) is 0 Å². The lowest BCUT2D eigenvalue weighted by Crippen LogP contribution is -2.48. The molecule has 1 aromatic heterocycles. The van der Waals surface area contributed by atoms with E-state index in [1.807, 2.05) is 13.0 Å². The van der Waals surface area contributed by atoms with E-state index in [2.05, 4.69) is 15.2 Å². The van der Waals surface area contributed by atoms with Gasteiger partial charge in [-0.05, 0) is 36.8 Å². The van der Waals surface area contributed by atoms with Crippen molar-refractivity contribution in [3.8, 4) is 0 Å². The van der Waals surface area contributed by atoms with Crippen LogP contribution in [0.2, 0.25) is 5.02 Å². The van der Waals surface area contributed by atoms with Crippen molar-refractivity contribution in [3.05, 3.63) is 52.9 Å². The fourth-order valence-corrected chi connectivity index (χ4v) is 5.42. The van der Waals surface area contributed by atoms with Crippen molar-refractivity contribution in [1.29, 1.82) is 0 Å². The van der Waals surface area contributed by atoms with Crippen LogP contribution >= 0.6 is 11.6 Å². The average Bonchev–Trinajstić information content (AvgIpc) is 3.10. The van der Waals surface area contributed by atoms with Crippen LogP contribution in [0.15, 0.2) is 45.7 Å². The smallest absolute Gasteiger partial charge is 0.245 e. The second-order valence-electron chi connectivity index (χ2n) is 7.58. The standard InChI is InChI=1S/C21H23ClN4O4S/c1-14-3-5-18(23-15(2)27)20(11-14)31(28,29)26-9-7-25(8-10-26)13-21-24-17-6-4-16(22)12-19(17)30-21/h3-6,11-12H,7-10,13H2,1-2H3,(H,23,27). The third-order valence-electron chi connectivity index (χ3n) is 5.15. The number of hydrogen-bond acceptors (Lipinski definition) is 6. The first kappa shape index (κ1) is 21.8. The van der Waals surface area contributed by atoms with Gasteiger partial charge in [-0.2, -0.15) is 4.31 Å². The molecule has 0 radical (unpaired) electrons. The van der Waals surface area contributed by atoms with Gasteiger partial charge in [0.15, 0.2) is 5.58 Å². The number of rotatable bonds is 5. The minimum Gasteiger partial charge on any atom is -0.439 e. The van der Waals surface area contributed by atoms with Crippen LogP contribution in [0.3, 0.4) is 0 Å². The Hall–Kier alpha value is -2.46. The average molecular weight is 463 g/mol. The summed E-state index contributed by atoms with van der Waals surface area (Å²) < 4.78 is 33.8. The van der Waals surface area contributed by atoms with Crippen LogP contribution in [0, 0.1) is 6.92 Å². The number of halogens is 1. The van der Waals surface area contributed by atoms with E-state index in [1.165, 1.54) is 11.2 Å². The predicted octanol–water partition coefficient (Wildman–Crippen LogP) is 3.25. The van der Waals surface area contributed by atoms with Crippen LogP contribution in [0.4, 0.5) is 5.69 Å². The zero-order chi connectivity index (χ0) is 22.2. The second kappa shape index (κ2) is 8.58. The highest BCUT2D eigenvalue weighted by Gasteiger charge is 2.31. The maximum absolute atomic E-state index is 13.3. The van der Waals surface area contributed by atoms with Gasteiger partial charge in [0.05, 0.1) is 12.2 Å². The van der Waals surface area contributed by atoms with Crippen LogP contribution in [-0.2, 0) is 21.4 Å². The number of benzene rings is 2. The van der Waals surface area contributed by atoms with Gasteiger partial charge >= 0.3 is 0 Å². The molecule has 0 unspecified atom stereocenters. The maximum atomic E-state index is 13.3.